The second kappa shape index (κ2) is 5.44. The van der Waals surface area contributed by atoms with Crippen LogP contribution < -0.4 is 5.32 Å². The molecule has 24 heavy (non-hydrogen) atoms. The Bertz CT molecular complexity index is 698. The Kier molecular flexibility index (Phi) is 3.49. The fourth-order valence-corrected chi connectivity index (χ4v) is 4.94. The van der Waals surface area contributed by atoms with E-state index < -0.39 is 16.4 Å². The standard InChI is InChI=1S/C17H20N2O5/c20-13-4-3-10(9-12(13)19(22)23)16(21)18-14-11-5-8-24-15(11)17(14)6-1-2-7-17/h3-4,9,11,14-15,20H,1-2,5-8H2,(H,18,21)/t11-,14-,15-/m1/s1. The molecule has 1 aromatic carbocycles. The summed E-state index contributed by atoms with van der Waals surface area (Å²) >= 11 is 0. The third kappa shape index (κ3) is 2.11. The van der Waals surface area contributed by atoms with Gasteiger partial charge in [0.2, 0.25) is 0 Å². The van der Waals surface area contributed by atoms with E-state index in [-0.39, 0.29) is 29.0 Å². The summed E-state index contributed by atoms with van der Waals surface area (Å²) in [7, 11) is 0. The molecule has 2 aliphatic carbocycles. The lowest BCUT2D eigenvalue weighted by Gasteiger charge is -2.56. The van der Waals surface area contributed by atoms with Crippen LogP contribution in [0.4, 0.5) is 5.69 Å². The van der Waals surface area contributed by atoms with Crippen molar-refractivity contribution < 1.29 is 19.6 Å². The predicted octanol–water partition coefficient (Wildman–Crippen LogP) is 2.38. The smallest absolute Gasteiger partial charge is 0.311 e. The average Bonchev–Trinajstić information content (AvgIpc) is 3.21. The first-order valence-corrected chi connectivity index (χ1v) is 8.43. The quantitative estimate of drug-likeness (QED) is 0.653. The van der Waals surface area contributed by atoms with E-state index in [9.17, 15) is 20.0 Å². The van der Waals surface area contributed by atoms with Crippen molar-refractivity contribution in [3.63, 3.8) is 0 Å². The van der Waals surface area contributed by atoms with E-state index in [1.54, 1.807) is 0 Å². The number of hydrogen-bond donors (Lipinski definition) is 2. The van der Waals surface area contributed by atoms with Crippen LogP contribution >= 0.6 is 0 Å². The fourth-order valence-electron chi connectivity index (χ4n) is 4.94. The van der Waals surface area contributed by atoms with Gasteiger partial charge in [-0.15, -0.1) is 0 Å². The van der Waals surface area contributed by atoms with Crippen LogP contribution in [0.25, 0.3) is 0 Å². The van der Waals surface area contributed by atoms with Gasteiger partial charge in [-0.1, -0.05) is 12.8 Å². The van der Waals surface area contributed by atoms with Crippen LogP contribution in [0.2, 0.25) is 0 Å². The third-order valence-electron chi connectivity index (χ3n) is 6.01. The monoisotopic (exact) mass is 332 g/mol. The Labute approximate surface area is 139 Å². The van der Waals surface area contributed by atoms with Crippen molar-refractivity contribution in [2.45, 2.75) is 44.2 Å². The van der Waals surface area contributed by atoms with Gasteiger partial charge < -0.3 is 15.2 Å². The van der Waals surface area contributed by atoms with E-state index in [0.717, 1.165) is 44.8 Å². The Hall–Kier alpha value is -2.15. The summed E-state index contributed by atoms with van der Waals surface area (Å²) in [5.41, 5.74) is -0.205. The number of nitrogens with one attached hydrogen (secondary N) is 1. The fraction of sp³-hybridized carbons (Fsp3) is 0.588. The molecule has 0 unspecified atom stereocenters. The molecular weight excluding hydrogens is 312 g/mol. The molecule has 3 fully saturated rings. The summed E-state index contributed by atoms with van der Waals surface area (Å²) in [5.74, 6) is -0.407. The molecule has 1 aromatic rings. The number of nitrogens with zero attached hydrogens (tertiary/aromatic N) is 1. The lowest BCUT2D eigenvalue weighted by atomic mass is 9.54. The van der Waals surface area contributed by atoms with Gasteiger partial charge in [-0.05, 0) is 31.4 Å². The minimum absolute atomic E-state index is 0.0413. The van der Waals surface area contributed by atoms with E-state index in [4.69, 9.17) is 4.74 Å². The highest BCUT2D eigenvalue weighted by atomic mass is 16.6. The largest absolute Gasteiger partial charge is 0.502 e. The number of rotatable bonds is 3. The Morgan fingerprint density at radius 3 is 2.83 bits per heavy atom. The van der Waals surface area contributed by atoms with Gasteiger partial charge in [-0.2, -0.15) is 0 Å². The number of fused-ring (bicyclic) bond motifs is 2. The van der Waals surface area contributed by atoms with Crippen molar-refractivity contribution in [2.75, 3.05) is 6.61 Å². The van der Waals surface area contributed by atoms with Crippen molar-refractivity contribution in [3.05, 3.63) is 33.9 Å². The molecule has 0 bridgehead atoms. The maximum Gasteiger partial charge on any atom is 0.311 e. The Morgan fingerprint density at radius 2 is 2.12 bits per heavy atom. The van der Waals surface area contributed by atoms with Gasteiger partial charge in [0.1, 0.15) is 0 Å². The Balaban J connectivity index is 1.56. The van der Waals surface area contributed by atoms with Crippen LogP contribution in [0.3, 0.4) is 0 Å². The van der Waals surface area contributed by atoms with Gasteiger partial charge in [0.15, 0.2) is 5.75 Å². The topological polar surface area (TPSA) is 102 Å². The first-order chi connectivity index (χ1) is 11.5. The maximum absolute atomic E-state index is 12.6. The van der Waals surface area contributed by atoms with Gasteiger partial charge in [0.25, 0.3) is 5.91 Å². The molecule has 4 rings (SSSR count). The summed E-state index contributed by atoms with van der Waals surface area (Å²) in [5, 5.41) is 23.6. The number of phenolic OH excluding ortho intramolecular Hbond substituents is 1. The Morgan fingerprint density at radius 1 is 1.38 bits per heavy atom. The average molecular weight is 332 g/mol. The van der Waals surface area contributed by atoms with Crippen LogP contribution in [-0.4, -0.2) is 34.7 Å². The van der Waals surface area contributed by atoms with E-state index in [1.807, 2.05) is 0 Å². The molecule has 1 heterocycles. The number of benzene rings is 1. The molecular formula is C17H20N2O5. The number of aromatic hydroxyl groups is 1. The molecule has 128 valence electrons. The number of carbonyl (C=O) groups excluding carboxylic acids is 1. The molecule has 1 saturated heterocycles. The zero-order valence-corrected chi connectivity index (χ0v) is 13.2. The van der Waals surface area contributed by atoms with Gasteiger partial charge in [-0.25, -0.2) is 0 Å². The second-order valence-electron chi connectivity index (χ2n) is 7.10. The molecule has 2 N–H and O–H groups in total. The summed E-state index contributed by atoms with van der Waals surface area (Å²) in [6.07, 6.45) is 5.64. The van der Waals surface area contributed by atoms with E-state index in [1.165, 1.54) is 12.1 Å². The number of hydrogen-bond acceptors (Lipinski definition) is 5. The van der Waals surface area contributed by atoms with E-state index >= 15 is 0 Å². The molecule has 7 heteroatoms. The van der Waals surface area contributed by atoms with Gasteiger partial charge in [0, 0.05) is 35.6 Å². The highest BCUT2D eigenvalue weighted by Gasteiger charge is 2.65. The van der Waals surface area contributed by atoms with Crippen molar-refractivity contribution >= 4 is 11.6 Å². The zero-order chi connectivity index (χ0) is 16.9. The number of amides is 1. The number of nitro groups is 1. The van der Waals surface area contributed by atoms with Crippen molar-refractivity contribution in [2.24, 2.45) is 11.3 Å². The molecule has 0 aromatic heterocycles. The van der Waals surface area contributed by atoms with Crippen molar-refractivity contribution in [1.29, 1.82) is 0 Å². The molecule has 3 atom stereocenters. The normalized spacial score (nSPS) is 29.9. The number of phenols is 1. The lowest BCUT2D eigenvalue weighted by molar-refractivity contribution is -0.385. The molecule has 1 aliphatic heterocycles. The molecule has 1 spiro atoms. The molecule has 2 saturated carbocycles. The van der Waals surface area contributed by atoms with Gasteiger partial charge in [-0.3, -0.25) is 14.9 Å². The van der Waals surface area contributed by atoms with Crippen LogP contribution in [0.15, 0.2) is 18.2 Å². The summed E-state index contributed by atoms with van der Waals surface area (Å²) < 4.78 is 5.90. The maximum atomic E-state index is 12.6. The summed E-state index contributed by atoms with van der Waals surface area (Å²) in [4.78, 5) is 22.9. The first-order valence-electron chi connectivity index (χ1n) is 8.43. The minimum atomic E-state index is -0.686. The van der Waals surface area contributed by atoms with E-state index in [2.05, 4.69) is 5.32 Å². The summed E-state index contributed by atoms with van der Waals surface area (Å²) in [6, 6.07) is 3.82. The number of carbonyl (C=O) groups is 1. The molecule has 1 amide bonds. The highest BCUT2D eigenvalue weighted by molar-refractivity contribution is 5.95. The van der Waals surface area contributed by atoms with Crippen molar-refractivity contribution in [1.82, 2.24) is 5.32 Å². The number of ether oxygens (including phenoxy) is 1. The SMILES string of the molecule is O=C(N[C@@H]1[C@H]2CCO[C@H]2C12CCCC2)c1ccc(O)c([N+](=O)[O-])c1. The van der Waals surface area contributed by atoms with Crippen molar-refractivity contribution in [3.8, 4) is 5.75 Å². The van der Waals surface area contributed by atoms with Gasteiger partial charge >= 0.3 is 5.69 Å². The second-order valence-corrected chi connectivity index (χ2v) is 7.10. The summed E-state index contributed by atoms with van der Waals surface area (Å²) in [6.45, 7) is 0.744. The van der Waals surface area contributed by atoms with Crippen LogP contribution in [-0.2, 0) is 4.74 Å². The van der Waals surface area contributed by atoms with E-state index in [0.29, 0.717) is 5.92 Å². The lowest BCUT2D eigenvalue weighted by Crippen LogP contribution is -2.68. The molecule has 0 radical (unpaired) electrons. The predicted molar refractivity (Wildman–Crippen MR) is 84.8 cm³/mol. The molecule has 7 nitrogen and oxygen atoms in total. The zero-order valence-electron chi connectivity index (χ0n) is 13.2. The van der Waals surface area contributed by atoms with Crippen LogP contribution in [0.5, 0.6) is 5.75 Å². The third-order valence-corrected chi connectivity index (χ3v) is 6.01. The van der Waals surface area contributed by atoms with Crippen LogP contribution in [0, 0.1) is 21.4 Å². The van der Waals surface area contributed by atoms with Crippen LogP contribution in [0.1, 0.15) is 42.5 Å². The van der Waals surface area contributed by atoms with Gasteiger partial charge in [0.05, 0.1) is 11.0 Å². The first kappa shape index (κ1) is 15.4. The highest BCUT2D eigenvalue weighted by Crippen LogP contribution is 2.60. The minimum Gasteiger partial charge on any atom is -0.502 e. The number of nitro benzene ring substituents is 1. The molecule has 3 aliphatic rings.